The summed E-state index contributed by atoms with van der Waals surface area (Å²) >= 11 is 0. The van der Waals surface area contributed by atoms with Crippen molar-refractivity contribution in [3.05, 3.63) is 46.5 Å². The number of methoxy groups -OCH3 is 1. The number of esters is 1. The number of carbonyl (C=O) groups is 1. The van der Waals surface area contributed by atoms with Crippen LogP contribution in [-0.2, 0) is 21.9 Å². The Bertz CT molecular complexity index is 878. The smallest absolute Gasteiger partial charge is 0.384 e. The Labute approximate surface area is 147 Å². The molecule has 0 unspecified atom stereocenters. The topological polar surface area (TPSA) is 118 Å². The Kier molecular flexibility index (Phi) is 6.33. The maximum Gasteiger partial charge on any atom is 0.384 e. The monoisotopic (exact) mass is 369 g/mol. The first-order valence-electron chi connectivity index (χ1n) is 7.35. The van der Waals surface area contributed by atoms with Crippen LogP contribution in [0.1, 0.15) is 33.0 Å². The van der Waals surface area contributed by atoms with Crippen molar-refractivity contribution in [2.24, 2.45) is 7.05 Å². The molecule has 0 bridgehead atoms. The van der Waals surface area contributed by atoms with E-state index in [1.165, 1.54) is 11.8 Å². The van der Waals surface area contributed by atoms with Gasteiger partial charge in [-0.25, -0.2) is 17.8 Å². The van der Waals surface area contributed by atoms with Crippen molar-refractivity contribution >= 4 is 16.1 Å². The van der Waals surface area contributed by atoms with Crippen molar-refractivity contribution in [2.75, 3.05) is 13.0 Å². The molecule has 25 heavy (non-hydrogen) atoms. The zero-order valence-electron chi connectivity index (χ0n) is 15.2. The minimum atomic E-state index is -4.33. The molecular weight excluding hydrogens is 346 g/mol. The normalized spacial score (nSPS) is 10.8. The number of carbonyl (C=O) groups excluding carboxylic acids is 1. The van der Waals surface area contributed by atoms with Gasteiger partial charge in [-0.05, 0) is 31.9 Å². The number of hydrogen-bond donors (Lipinski definition) is 1. The van der Waals surface area contributed by atoms with Gasteiger partial charge in [0.2, 0.25) is 0 Å². The standard InChI is InChI=1S/C9H12O3S.C7H12N3O2/c1-6-4-7(2)9(8(3)5-6)13(10,11)12;1-5-9(2)4-6(10(5)8)7(11)12-3/h4-5H,1-3H3,(H,10,11,12);4H,8H2,1-3H3/q;+1/p-1. The minimum absolute atomic E-state index is 0.0851. The maximum atomic E-state index is 11.1. The van der Waals surface area contributed by atoms with Crippen LogP contribution in [0, 0.1) is 27.7 Å². The Morgan fingerprint density at radius 1 is 1.20 bits per heavy atom. The highest BCUT2D eigenvalue weighted by Gasteiger charge is 2.22. The molecule has 138 valence electrons. The third-order valence-electron chi connectivity index (χ3n) is 3.68. The lowest BCUT2D eigenvalue weighted by molar-refractivity contribution is -0.677. The molecule has 0 saturated heterocycles. The molecule has 1 aromatic carbocycles. The van der Waals surface area contributed by atoms with E-state index in [1.807, 2.05) is 20.9 Å². The lowest BCUT2D eigenvalue weighted by atomic mass is 10.1. The van der Waals surface area contributed by atoms with E-state index in [2.05, 4.69) is 4.74 Å². The summed E-state index contributed by atoms with van der Waals surface area (Å²) in [6.07, 6.45) is 1.63. The average molecular weight is 369 g/mol. The largest absolute Gasteiger partial charge is 0.744 e. The fourth-order valence-electron chi connectivity index (χ4n) is 2.50. The van der Waals surface area contributed by atoms with Crippen LogP contribution in [-0.4, -0.2) is 30.7 Å². The Morgan fingerprint density at radius 3 is 2.00 bits per heavy atom. The maximum absolute atomic E-state index is 11.1. The van der Waals surface area contributed by atoms with E-state index in [1.54, 1.807) is 36.7 Å². The van der Waals surface area contributed by atoms with Gasteiger partial charge in [0.25, 0.3) is 11.5 Å². The molecule has 1 heterocycles. The molecule has 0 spiro atoms. The van der Waals surface area contributed by atoms with Crippen molar-refractivity contribution in [2.45, 2.75) is 32.6 Å². The van der Waals surface area contributed by atoms with Gasteiger partial charge < -0.3 is 9.29 Å². The molecular formula is C16H23N3O5S. The second-order valence-electron chi connectivity index (χ2n) is 5.72. The molecule has 0 aliphatic heterocycles. The van der Waals surface area contributed by atoms with Gasteiger partial charge in [-0.15, -0.1) is 4.68 Å². The van der Waals surface area contributed by atoms with E-state index in [0.717, 1.165) is 11.4 Å². The molecule has 2 aromatic rings. The van der Waals surface area contributed by atoms with Gasteiger partial charge >= 0.3 is 5.97 Å². The van der Waals surface area contributed by atoms with Crippen molar-refractivity contribution in [1.29, 1.82) is 0 Å². The van der Waals surface area contributed by atoms with Crippen LogP contribution in [0.5, 0.6) is 0 Å². The lowest BCUT2D eigenvalue weighted by Crippen LogP contribution is -2.31. The summed E-state index contributed by atoms with van der Waals surface area (Å²) in [7, 11) is -1.20. The fourth-order valence-corrected chi connectivity index (χ4v) is 3.41. The molecule has 0 amide bonds. The molecule has 0 aliphatic rings. The SMILES string of the molecule is COC(=O)c1c[n+](C)c(C)n1N.Cc1cc(C)c(S(=O)(=O)[O-])c(C)c1. The quantitative estimate of drug-likeness (QED) is 0.359. The first kappa shape index (κ1) is 20.7. The van der Waals surface area contributed by atoms with Crippen LogP contribution in [0.15, 0.2) is 23.2 Å². The summed E-state index contributed by atoms with van der Waals surface area (Å²) in [5, 5.41) is 0. The van der Waals surface area contributed by atoms with E-state index in [0.29, 0.717) is 16.8 Å². The Morgan fingerprint density at radius 2 is 1.68 bits per heavy atom. The van der Waals surface area contributed by atoms with E-state index >= 15 is 0 Å². The molecule has 2 N–H and O–H groups in total. The summed E-state index contributed by atoms with van der Waals surface area (Å²) in [6, 6.07) is 3.38. The summed E-state index contributed by atoms with van der Waals surface area (Å²) in [4.78, 5) is 11.0. The van der Waals surface area contributed by atoms with Crippen LogP contribution in [0.4, 0.5) is 0 Å². The summed E-state index contributed by atoms with van der Waals surface area (Å²) in [5.41, 5.74) is 2.35. The van der Waals surface area contributed by atoms with E-state index in [9.17, 15) is 17.8 Å². The number of aromatic nitrogens is 2. The number of nitrogens with zero attached hydrogens (tertiary/aromatic N) is 2. The number of hydrogen-bond acceptors (Lipinski definition) is 6. The van der Waals surface area contributed by atoms with Crippen LogP contribution < -0.4 is 10.4 Å². The molecule has 0 aliphatic carbocycles. The van der Waals surface area contributed by atoms with Gasteiger partial charge in [-0.1, -0.05) is 17.7 Å². The van der Waals surface area contributed by atoms with Gasteiger partial charge in [-0.3, -0.25) is 5.84 Å². The van der Waals surface area contributed by atoms with Crippen LogP contribution in [0.2, 0.25) is 0 Å². The number of benzene rings is 1. The van der Waals surface area contributed by atoms with Crippen molar-refractivity contribution < 1.29 is 27.1 Å². The predicted octanol–water partition coefficient (Wildman–Crippen LogP) is 0.637. The highest BCUT2D eigenvalue weighted by Crippen LogP contribution is 2.20. The molecule has 0 saturated carbocycles. The first-order valence-corrected chi connectivity index (χ1v) is 8.76. The van der Waals surface area contributed by atoms with Crippen LogP contribution in [0.3, 0.4) is 0 Å². The van der Waals surface area contributed by atoms with Crippen LogP contribution in [0.25, 0.3) is 0 Å². The van der Waals surface area contributed by atoms with Gasteiger partial charge in [0.1, 0.15) is 16.3 Å². The molecule has 9 heteroatoms. The lowest BCUT2D eigenvalue weighted by Gasteiger charge is -2.14. The Balaban J connectivity index is 0.000000251. The Hall–Kier alpha value is -2.39. The summed E-state index contributed by atoms with van der Waals surface area (Å²) < 4.78 is 40.1. The van der Waals surface area contributed by atoms with Crippen molar-refractivity contribution in [3.63, 3.8) is 0 Å². The van der Waals surface area contributed by atoms with Crippen molar-refractivity contribution in [3.8, 4) is 0 Å². The highest BCUT2D eigenvalue weighted by molar-refractivity contribution is 7.85. The zero-order chi connectivity index (χ0) is 19.5. The molecule has 0 radical (unpaired) electrons. The molecule has 0 atom stereocenters. The number of nitrogen functional groups attached to an aromatic ring is 1. The summed E-state index contributed by atoms with van der Waals surface area (Å²) in [6.45, 7) is 6.93. The summed E-state index contributed by atoms with van der Waals surface area (Å²) in [5.74, 6) is 5.93. The number of aryl methyl sites for hydroxylation is 4. The van der Waals surface area contributed by atoms with Gasteiger partial charge in [-0.2, -0.15) is 0 Å². The zero-order valence-corrected chi connectivity index (χ0v) is 16.0. The first-order chi connectivity index (χ1) is 11.4. The fraction of sp³-hybridized carbons (Fsp3) is 0.375. The second kappa shape index (κ2) is 7.66. The third kappa shape index (κ3) is 4.80. The number of imidazole rings is 1. The minimum Gasteiger partial charge on any atom is -0.744 e. The van der Waals surface area contributed by atoms with Gasteiger partial charge in [0, 0.05) is 6.92 Å². The average Bonchev–Trinajstić information content (AvgIpc) is 2.72. The number of rotatable bonds is 2. The molecule has 1 aromatic heterocycles. The molecule has 8 nitrogen and oxygen atoms in total. The predicted molar refractivity (Wildman–Crippen MR) is 90.5 cm³/mol. The van der Waals surface area contributed by atoms with E-state index in [4.69, 9.17) is 5.84 Å². The number of ether oxygens (including phenoxy) is 1. The highest BCUT2D eigenvalue weighted by atomic mass is 32.2. The third-order valence-corrected chi connectivity index (χ3v) is 4.83. The molecule has 2 rings (SSSR count). The van der Waals surface area contributed by atoms with Gasteiger partial charge in [0.05, 0.1) is 19.1 Å². The molecule has 0 fully saturated rings. The van der Waals surface area contributed by atoms with Gasteiger partial charge in [0.15, 0.2) is 0 Å². The van der Waals surface area contributed by atoms with E-state index < -0.39 is 16.1 Å². The van der Waals surface area contributed by atoms with Crippen molar-refractivity contribution in [1.82, 2.24) is 4.68 Å². The van der Waals surface area contributed by atoms with E-state index in [-0.39, 0.29) is 4.90 Å². The second-order valence-corrected chi connectivity index (χ2v) is 7.03. The number of nitrogens with two attached hydrogens (primary N) is 1. The van der Waals surface area contributed by atoms with Crippen LogP contribution >= 0.6 is 0 Å².